The van der Waals surface area contributed by atoms with Crippen LogP contribution in [0.2, 0.25) is 0 Å². The van der Waals surface area contributed by atoms with Gasteiger partial charge in [0.1, 0.15) is 5.75 Å². The summed E-state index contributed by atoms with van der Waals surface area (Å²) in [7, 11) is 0. The predicted molar refractivity (Wildman–Crippen MR) is 74.5 cm³/mol. The van der Waals surface area contributed by atoms with Gasteiger partial charge >= 0.3 is 0 Å². The highest BCUT2D eigenvalue weighted by Crippen LogP contribution is 2.18. The minimum absolute atomic E-state index is 0.300. The van der Waals surface area contributed by atoms with Crippen LogP contribution >= 0.6 is 0 Å². The van der Waals surface area contributed by atoms with E-state index in [-0.39, 0.29) is 0 Å². The molecule has 0 spiro atoms. The Balaban J connectivity index is 2.00. The standard InChI is InChI=1S/C16H19NO/c1-12-6-3-4-9-16(12)13(2)17-11-14-7-5-8-15(18)10-14/h3-10,13,17-18H,11H2,1-2H3/t13-/m0/s1. The van der Waals surface area contributed by atoms with Crippen molar-refractivity contribution in [2.75, 3.05) is 0 Å². The van der Waals surface area contributed by atoms with Gasteiger partial charge < -0.3 is 10.4 Å². The summed E-state index contributed by atoms with van der Waals surface area (Å²) in [5.74, 6) is 0.317. The second-order valence-electron chi connectivity index (χ2n) is 4.63. The number of hydrogen-bond acceptors (Lipinski definition) is 2. The molecule has 0 radical (unpaired) electrons. The van der Waals surface area contributed by atoms with E-state index in [1.165, 1.54) is 11.1 Å². The van der Waals surface area contributed by atoms with Crippen molar-refractivity contribution in [2.24, 2.45) is 0 Å². The van der Waals surface area contributed by atoms with Crippen LogP contribution in [0.25, 0.3) is 0 Å². The Labute approximate surface area is 108 Å². The van der Waals surface area contributed by atoms with Gasteiger partial charge in [-0.1, -0.05) is 36.4 Å². The molecule has 2 N–H and O–H groups in total. The Hall–Kier alpha value is -1.80. The van der Waals surface area contributed by atoms with Crippen LogP contribution < -0.4 is 5.32 Å². The lowest BCUT2D eigenvalue weighted by Crippen LogP contribution is -2.18. The minimum Gasteiger partial charge on any atom is -0.508 e. The van der Waals surface area contributed by atoms with Gasteiger partial charge in [-0.2, -0.15) is 0 Å². The molecule has 2 aromatic carbocycles. The molecule has 18 heavy (non-hydrogen) atoms. The molecule has 0 bridgehead atoms. The summed E-state index contributed by atoms with van der Waals surface area (Å²) in [6, 6.07) is 16.1. The van der Waals surface area contributed by atoms with Gasteiger partial charge in [-0.05, 0) is 42.7 Å². The van der Waals surface area contributed by atoms with E-state index in [1.807, 2.05) is 12.1 Å². The van der Waals surface area contributed by atoms with E-state index >= 15 is 0 Å². The third-order valence-corrected chi connectivity index (χ3v) is 3.18. The highest BCUT2D eigenvalue weighted by molar-refractivity contribution is 5.29. The maximum Gasteiger partial charge on any atom is 0.115 e. The molecular weight excluding hydrogens is 222 g/mol. The molecule has 0 aliphatic carbocycles. The van der Waals surface area contributed by atoms with Crippen LogP contribution in [-0.4, -0.2) is 5.11 Å². The van der Waals surface area contributed by atoms with E-state index in [4.69, 9.17) is 0 Å². The molecule has 0 aliphatic heterocycles. The average Bonchev–Trinajstić information content (AvgIpc) is 2.37. The van der Waals surface area contributed by atoms with Crippen LogP contribution in [0, 0.1) is 6.92 Å². The van der Waals surface area contributed by atoms with E-state index in [1.54, 1.807) is 12.1 Å². The van der Waals surface area contributed by atoms with Crippen LogP contribution in [0.5, 0.6) is 5.75 Å². The van der Waals surface area contributed by atoms with E-state index in [0.29, 0.717) is 11.8 Å². The van der Waals surface area contributed by atoms with Gasteiger partial charge in [0.2, 0.25) is 0 Å². The topological polar surface area (TPSA) is 32.3 Å². The van der Waals surface area contributed by atoms with E-state index < -0.39 is 0 Å². The lowest BCUT2D eigenvalue weighted by molar-refractivity contribution is 0.473. The number of rotatable bonds is 4. The molecular formula is C16H19NO. The van der Waals surface area contributed by atoms with Gasteiger partial charge in [0, 0.05) is 12.6 Å². The highest BCUT2D eigenvalue weighted by Gasteiger charge is 2.06. The summed E-state index contributed by atoms with van der Waals surface area (Å²) < 4.78 is 0. The van der Waals surface area contributed by atoms with Gasteiger partial charge in [-0.25, -0.2) is 0 Å². The average molecular weight is 241 g/mol. The maximum atomic E-state index is 9.41. The fourth-order valence-electron chi connectivity index (χ4n) is 2.12. The number of phenolic OH excluding ortho intramolecular Hbond substituents is 1. The fraction of sp³-hybridized carbons (Fsp3) is 0.250. The van der Waals surface area contributed by atoms with Crippen molar-refractivity contribution in [3.05, 3.63) is 65.2 Å². The largest absolute Gasteiger partial charge is 0.508 e. The molecule has 0 unspecified atom stereocenters. The lowest BCUT2D eigenvalue weighted by atomic mass is 10.0. The molecule has 2 nitrogen and oxygen atoms in total. The first kappa shape index (κ1) is 12.7. The first-order chi connectivity index (χ1) is 8.66. The molecule has 0 aromatic heterocycles. The first-order valence-electron chi connectivity index (χ1n) is 6.23. The first-order valence-corrected chi connectivity index (χ1v) is 6.23. The van der Waals surface area contributed by atoms with Crippen molar-refractivity contribution in [2.45, 2.75) is 26.4 Å². The highest BCUT2D eigenvalue weighted by atomic mass is 16.3. The van der Waals surface area contributed by atoms with Crippen LogP contribution in [0.15, 0.2) is 48.5 Å². The quantitative estimate of drug-likeness (QED) is 0.858. The monoisotopic (exact) mass is 241 g/mol. The number of benzene rings is 2. The SMILES string of the molecule is Cc1ccccc1[C@H](C)NCc1cccc(O)c1. The molecule has 2 heteroatoms. The number of aromatic hydroxyl groups is 1. The van der Waals surface area contributed by atoms with Crippen molar-refractivity contribution in [1.82, 2.24) is 5.32 Å². The van der Waals surface area contributed by atoms with Gasteiger partial charge in [-0.15, -0.1) is 0 Å². The Bertz CT molecular complexity index is 522. The molecule has 0 heterocycles. The van der Waals surface area contributed by atoms with Gasteiger partial charge in [0.25, 0.3) is 0 Å². The maximum absolute atomic E-state index is 9.41. The molecule has 2 rings (SSSR count). The molecule has 0 saturated carbocycles. The molecule has 0 saturated heterocycles. The normalized spacial score (nSPS) is 12.3. The smallest absolute Gasteiger partial charge is 0.115 e. The second-order valence-corrected chi connectivity index (χ2v) is 4.63. The van der Waals surface area contributed by atoms with Crippen molar-refractivity contribution < 1.29 is 5.11 Å². The number of nitrogens with one attached hydrogen (secondary N) is 1. The van der Waals surface area contributed by atoms with E-state index in [0.717, 1.165) is 12.1 Å². The van der Waals surface area contributed by atoms with Crippen molar-refractivity contribution >= 4 is 0 Å². The molecule has 0 aliphatic rings. The second kappa shape index (κ2) is 5.69. The molecule has 94 valence electrons. The molecule has 1 atom stereocenters. The van der Waals surface area contributed by atoms with Crippen molar-refractivity contribution in [3.8, 4) is 5.75 Å². The molecule has 2 aromatic rings. The minimum atomic E-state index is 0.300. The Morgan fingerprint density at radius 3 is 2.61 bits per heavy atom. The third-order valence-electron chi connectivity index (χ3n) is 3.18. The van der Waals surface area contributed by atoms with Gasteiger partial charge in [0.05, 0.1) is 0 Å². The Kier molecular flexibility index (Phi) is 4.00. The van der Waals surface area contributed by atoms with E-state index in [2.05, 4.69) is 43.4 Å². The van der Waals surface area contributed by atoms with E-state index in [9.17, 15) is 5.11 Å². The zero-order valence-corrected chi connectivity index (χ0v) is 10.9. The fourth-order valence-corrected chi connectivity index (χ4v) is 2.12. The van der Waals surface area contributed by atoms with Crippen LogP contribution in [0.1, 0.15) is 29.7 Å². The number of aryl methyl sites for hydroxylation is 1. The zero-order chi connectivity index (χ0) is 13.0. The molecule has 0 amide bonds. The summed E-state index contributed by atoms with van der Waals surface area (Å²) in [4.78, 5) is 0. The number of phenols is 1. The summed E-state index contributed by atoms with van der Waals surface area (Å²) in [5, 5.41) is 12.9. The Morgan fingerprint density at radius 1 is 1.11 bits per heavy atom. The predicted octanol–water partition coefficient (Wildman–Crippen LogP) is 3.55. The summed E-state index contributed by atoms with van der Waals surface area (Å²) in [5.41, 5.74) is 3.71. The zero-order valence-electron chi connectivity index (χ0n) is 10.9. The van der Waals surface area contributed by atoms with Gasteiger partial charge in [-0.3, -0.25) is 0 Å². The van der Waals surface area contributed by atoms with Crippen LogP contribution in [-0.2, 0) is 6.54 Å². The van der Waals surface area contributed by atoms with Crippen molar-refractivity contribution in [1.29, 1.82) is 0 Å². The van der Waals surface area contributed by atoms with Crippen molar-refractivity contribution in [3.63, 3.8) is 0 Å². The summed E-state index contributed by atoms with van der Waals surface area (Å²) in [6.07, 6.45) is 0. The van der Waals surface area contributed by atoms with Crippen LogP contribution in [0.4, 0.5) is 0 Å². The summed E-state index contributed by atoms with van der Waals surface area (Å²) in [6.45, 7) is 5.04. The Morgan fingerprint density at radius 2 is 1.89 bits per heavy atom. The van der Waals surface area contributed by atoms with Gasteiger partial charge in [0.15, 0.2) is 0 Å². The summed E-state index contributed by atoms with van der Waals surface area (Å²) >= 11 is 0. The third kappa shape index (κ3) is 3.11. The van der Waals surface area contributed by atoms with Crippen LogP contribution in [0.3, 0.4) is 0 Å². The lowest BCUT2D eigenvalue weighted by Gasteiger charge is -2.16. The number of hydrogen-bond donors (Lipinski definition) is 2. The molecule has 0 fully saturated rings.